The van der Waals surface area contributed by atoms with Crippen molar-refractivity contribution in [3.63, 3.8) is 0 Å². The Bertz CT molecular complexity index is 381. The lowest BCUT2D eigenvalue weighted by atomic mass is 9.97. The van der Waals surface area contributed by atoms with Crippen molar-refractivity contribution in [1.29, 1.82) is 0 Å². The molecule has 4 heteroatoms. The van der Waals surface area contributed by atoms with Crippen LogP contribution in [0.2, 0.25) is 0 Å². The second kappa shape index (κ2) is 6.26. The van der Waals surface area contributed by atoms with Crippen LogP contribution in [-0.2, 0) is 0 Å². The quantitative estimate of drug-likeness (QED) is 0.818. The van der Waals surface area contributed by atoms with Crippen LogP contribution < -0.4 is 9.47 Å². The minimum absolute atomic E-state index is 0.502. The number of hydrogen-bond acceptors (Lipinski definition) is 4. The van der Waals surface area contributed by atoms with E-state index in [2.05, 4.69) is 11.8 Å². The molecule has 0 bridgehead atoms. The number of benzene rings is 1. The highest BCUT2D eigenvalue weighted by atomic mass is 16.5. The zero-order valence-corrected chi connectivity index (χ0v) is 11.8. The maximum atomic E-state index is 9.60. The fraction of sp³-hybridized carbons (Fsp3) is 0.600. The molecule has 0 atom stereocenters. The molecule has 19 heavy (non-hydrogen) atoms. The van der Waals surface area contributed by atoms with E-state index >= 15 is 0 Å². The summed E-state index contributed by atoms with van der Waals surface area (Å²) >= 11 is 0. The second-order valence-electron chi connectivity index (χ2n) is 5.38. The normalized spacial score (nSPS) is 17.8. The van der Waals surface area contributed by atoms with Crippen molar-refractivity contribution in [3.05, 3.63) is 24.3 Å². The van der Waals surface area contributed by atoms with E-state index in [1.165, 1.54) is 0 Å². The molecular formula is C15H23NO3. The van der Waals surface area contributed by atoms with Gasteiger partial charge in [-0.3, -0.25) is 4.90 Å². The number of rotatable bonds is 7. The molecule has 1 aliphatic heterocycles. The van der Waals surface area contributed by atoms with E-state index in [0.29, 0.717) is 6.61 Å². The van der Waals surface area contributed by atoms with Gasteiger partial charge in [0.15, 0.2) is 0 Å². The maximum absolute atomic E-state index is 9.60. The van der Waals surface area contributed by atoms with Crippen LogP contribution in [0.5, 0.6) is 11.5 Å². The fourth-order valence-electron chi connectivity index (χ4n) is 2.22. The zero-order valence-electron chi connectivity index (χ0n) is 11.8. The Morgan fingerprint density at radius 2 is 1.63 bits per heavy atom. The highest BCUT2D eigenvalue weighted by Gasteiger charge is 2.35. The highest BCUT2D eigenvalue weighted by molar-refractivity contribution is 5.31. The number of nitrogens with zero attached hydrogens (tertiary/aromatic N) is 1. The van der Waals surface area contributed by atoms with Crippen LogP contribution in [0, 0.1) is 0 Å². The van der Waals surface area contributed by atoms with Crippen molar-refractivity contribution in [3.8, 4) is 11.5 Å². The molecule has 0 unspecified atom stereocenters. The van der Waals surface area contributed by atoms with Gasteiger partial charge in [0.25, 0.3) is 0 Å². The van der Waals surface area contributed by atoms with Crippen molar-refractivity contribution >= 4 is 0 Å². The number of aliphatic hydroxyl groups is 1. The zero-order chi connectivity index (χ0) is 13.7. The van der Waals surface area contributed by atoms with Gasteiger partial charge in [-0.2, -0.15) is 0 Å². The Labute approximate surface area is 114 Å². The molecule has 0 amide bonds. The number of β-amino-alcohol motifs (C(OH)–C–C–N with tert-alkyl or cyclic N) is 1. The summed E-state index contributed by atoms with van der Waals surface area (Å²) < 4.78 is 11.2. The fourth-order valence-corrected chi connectivity index (χ4v) is 2.22. The monoisotopic (exact) mass is 265 g/mol. The van der Waals surface area contributed by atoms with Gasteiger partial charge in [0.2, 0.25) is 0 Å². The first-order valence-corrected chi connectivity index (χ1v) is 6.89. The topological polar surface area (TPSA) is 41.9 Å². The molecule has 1 aromatic carbocycles. The molecular weight excluding hydrogens is 242 g/mol. The molecule has 0 spiro atoms. The summed E-state index contributed by atoms with van der Waals surface area (Å²) in [4.78, 5) is 2.18. The predicted molar refractivity (Wildman–Crippen MR) is 74.8 cm³/mol. The minimum atomic E-state index is -0.502. The van der Waals surface area contributed by atoms with Gasteiger partial charge >= 0.3 is 0 Å². The van der Waals surface area contributed by atoms with E-state index < -0.39 is 5.60 Å². The number of hydrogen-bond donors (Lipinski definition) is 1. The van der Waals surface area contributed by atoms with Crippen molar-refractivity contribution in [2.24, 2.45) is 0 Å². The van der Waals surface area contributed by atoms with E-state index in [-0.39, 0.29) is 0 Å². The molecule has 1 saturated heterocycles. The Hall–Kier alpha value is -1.26. The molecule has 0 radical (unpaired) electrons. The third-order valence-electron chi connectivity index (χ3n) is 3.10. The molecule has 4 nitrogen and oxygen atoms in total. The molecule has 0 aromatic heterocycles. The summed E-state index contributed by atoms with van der Waals surface area (Å²) in [5, 5.41) is 9.60. The van der Waals surface area contributed by atoms with E-state index in [1.54, 1.807) is 0 Å². The van der Waals surface area contributed by atoms with Crippen molar-refractivity contribution < 1.29 is 14.6 Å². The van der Waals surface area contributed by atoms with Crippen LogP contribution in [0.25, 0.3) is 0 Å². The largest absolute Gasteiger partial charge is 0.494 e. The van der Waals surface area contributed by atoms with Crippen LogP contribution in [-0.4, -0.2) is 48.5 Å². The lowest BCUT2D eigenvalue weighted by Gasteiger charge is -2.44. The average Bonchev–Trinajstić information content (AvgIpc) is 2.35. The summed E-state index contributed by atoms with van der Waals surface area (Å²) in [5.74, 6) is 1.74. The van der Waals surface area contributed by atoms with Gasteiger partial charge < -0.3 is 14.6 Å². The average molecular weight is 265 g/mol. The second-order valence-corrected chi connectivity index (χ2v) is 5.38. The first kappa shape index (κ1) is 14.2. The van der Waals surface area contributed by atoms with E-state index in [9.17, 15) is 5.11 Å². The number of likely N-dealkylation sites (tertiary alicyclic amines) is 1. The molecule has 1 N–H and O–H groups in total. The van der Waals surface area contributed by atoms with Gasteiger partial charge in [0.1, 0.15) is 18.1 Å². The van der Waals surface area contributed by atoms with Gasteiger partial charge in [-0.25, -0.2) is 0 Å². The van der Waals surface area contributed by atoms with Crippen molar-refractivity contribution in [1.82, 2.24) is 4.90 Å². The molecule has 1 heterocycles. The summed E-state index contributed by atoms with van der Waals surface area (Å²) in [6.07, 6.45) is 1.01. The Balaban J connectivity index is 1.66. The van der Waals surface area contributed by atoms with E-state index in [0.717, 1.165) is 44.2 Å². The third-order valence-corrected chi connectivity index (χ3v) is 3.10. The molecule has 1 aliphatic rings. The van der Waals surface area contributed by atoms with Crippen LogP contribution in [0.4, 0.5) is 0 Å². The van der Waals surface area contributed by atoms with Gasteiger partial charge in [-0.1, -0.05) is 6.92 Å². The van der Waals surface area contributed by atoms with Gasteiger partial charge in [-0.05, 0) is 37.6 Å². The Kier molecular flexibility index (Phi) is 4.66. The summed E-state index contributed by atoms with van der Waals surface area (Å²) in [6.45, 7) is 7.66. The van der Waals surface area contributed by atoms with E-state index in [1.807, 2.05) is 31.2 Å². The Morgan fingerprint density at radius 3 is 2.11 bits per heavy atom. The molecule has 1 aromatic rings. The SMILES string of the molecule is CCCOc1ccc(OCCN2CC(C)(O)C2)cc1. The van der Waals surface area contributed by atoms with Crippen molar-refractivity contribution in [2.45, 2.75) is 25.9 Å². The minimum Gasteiger partial charge on any atom is -0.494 e. The number of ether oxygens (including phenoxy) is 2. The summed E-state index contributed by atoms with van der Waals surface area (Å²) in [6, 6.07) is 7.72. The van der Waals surface area contributed by atoms with Crippen LogP contribution >= 0.6 is 0 Å². The van der Waals surface area contributed by atoms with Gasteiger partial charge in [0.05, 0.1) is 12.2 Å². The summed E-state index contributed by atoms with van der Waals surface area (Å²) in [7, 11) is 0. The highest BCUT2D eigenvalue weighted by Crippen LogP contribution is 2.20. The first-order chi connectivity index (χ1) is 9.09. The van der Waals surface area contributed by atoms with Crippen molar-refractivity contribution in [2.75, 3.05) is 32.8 Å². The molecule has 106 valence electrons. The van der Waals surface area contributed by atoms with Gasteiger partial charge in [0, 0.05) is 19.6 Å². The Morgan fingerprint density at radius 1 is 1.11 bits per heavy atom. The van der Waals surface area contributed by atoms with Crippen LogP contribution in [0.1, 0.15) is 20.3 Å². The van der Waals surface area contributed by atoms with E-state index in [4.69, 9.17) is 9.47 Å². The first-order valence-electron chi connectivity index (χ1n) is 6.89. The molecule has 1 fully saturated rings. The smallest absolute Gasteiger partial charge is 0.119 e. The van der Waals surface area contributed by atoms with Crippen LogP contribution in [0.15, 0.2) is 24.3 Å². The molecule has 0 aliphatic carbocycles. The maximum Gasteiger partial charge on any atom is 0.119 e. The predicted octanol–water partition coefficient (Wildman–Crippen LogP) is 1.92. The lowest BCUT2D eigenvalue weighted by molar-refractivity contribution is -0.0859. The molecule has 0 saturated carbocycles. The van der Waals surface area contributed by atoms with Gasteiger partial charge in [-0.15, -0.1) is 0 Å². The van der Waals surface area contributed by atoms with Crippen LogP contribution in [0.3, 0.4) is 0 Å². The standard InChI is InChI=1S/C15H23NO3/c1-3-9-18-13-4-6-14(7-5-13)19-10-8-16-11-15(2,17)12-16/h4-7,17H,3,8-12H2,1-2H3. The lowest BCUT2D eigenvalue weighted by Crippen LogP contribution is -2.60. The third kappa shape index (κ3) is 4.40. The molecule has 2 rings (SSSR count). The summed E-state index contributed by atoms with van der Waals surface area (Å²) in [5.41, 5.74) is -0.502.